The molecule has 33 heavy (non-hydrogen) atoms. The molecule has 1 aliphatic rings. The Morgan fingerprint density at radius 3 is 2.27 bits per heavy atom. The van der Waals surface area contributed by atoms with Crippen molar-refractivity contribution in [1.82, 2.24) is 15.0 Å². The lowest BCUT2D eigenvalue weighted by atomic mass is 9.84. The minimum atomic E-state index is -0.797. The van der Waals surface area contributed by atoms with E-state index in [4.69, 9.17) is 4.84 Å². The number of rotatable bonds is 6. The third-order valence-electron chi connectivity index (χ3n) is 5.36. The lowest BCUT2D eigenvalue weighted by molar-refractivity contribution is -0.384. The largest absolute Gasteiger partial charge is 0.384 e. The van der Waals surface area contributed by atoms with Crippen LogP contribution in [0.2, 0.25) is 0 Å². The van der Waals surface area contributed by atoms with Gasteiger partial charge in [0.1, 0.15) is 17.3 Å². The van der Waals surface area contributed by atoms with Gasteiger partial charge in [-0.15, -0.1) is 5.10 Å². The van der Waals surface area contributed by atoms with Gasteiger partial charge in [-0.1, -0.05) is 53.7 Å². The molecule has 2 heterocycles. The predicted molar refractivity (Wildman–Crippen MR) is 119 cm³/mol. The van der Waals surface area contributed by atoms with Gasteiger partial charge in [0.2, 0.25) is 0 Å². The Balaban J connectivity index is 1.52. The first-order chi connectivity index (χ1) is 16.1. The number of nitro groups is 1. The number of hydrogen-bond acceptors (Lipinski definition) is 7. The molecule has 0 fully saturated rings. The number of para-hydroxylation sites is 1. The van der Waals surface area contributed by atoms with Crippen molar-refractivity contribution in [3.8, 4) is 5.69 Å². The molecule has 9 nitrogen and oxygen atoms in total. The lowest BCUT2D eigenvalue weighted by Crippen LogP contribution is -2.27. The SMILES string of the molecule is O=C(c1ccc([N+](=O)[O-])cc1)C1C(c2ccccc2)=NOC1c1cnn(-c2ccccc2)n1. The summed E-state index contributed by atoms with van der Waals surface area (Å²) in [4.78, 5) is 31.3. The van der Waals surface area contributed by atoms with Gasteiger partial charge in [0.25, 0.3) is 5.69 Å². The summed E-state index contributed by atoms with van der Waals surface area (Å²) in [5.41, 5.74) is 2.67. The monoisotopic (exact) mass is 439 g/mol. The Morgan fingerprint density at radius 2 is 1.61 bits per heavy atom. The third kappa shape index (κ3) is 3.87. The summed E-state index contributed by atoms with van der Waals surface area (Å²) in [7, 11) is 0. The van der Waals surface area contributed by atoms with E-state index in [2.05, 4.69) is 15.4 Å². The first kappa shape index (κ1) is 20.3. The van der Waals surface area contributed by atoms with Gasteiger partial charge in [0.15, 0.2) is 11.9 Å². The highest BCUT2D eigenvalue weighted by molar-refractivity contribution is 6.19. The predicted octanol–water partition coefficient (Wildman–Crippen LogP) is 4.15. The molecule has 0 amide bonds. The number of non-ortho nitro benzene ring substituents is 1. The summed E-state index contributed by atoms with van der Waals surface area (Å²) in [5.74, 6) is -1.07. The highest BCUT2D eigenvalue weighted by Gasteiger charge is 2.43. The van der Waals surface area contributed by atoms with Crippen molar-refractivity contribution in [1.29, 1.82) is 0 Å². The quantitative estimate of drug-likeness (QED) is 0.253. The van der Waals surface area contributed by atoms with Gasteiger partial charge in [-0.3, -0.25) is 14.9 Å². The lowest BCUT2D eigenvalue weighted by Gasteiger charge is -2.16. The Kier molecular flexibility index (Phi) is 5.19. The van der Waals surface area contributed by atoms with Crippen molar-refractivity contribution in [3.63, 3.8) is 0 Å². The molecular weight excluding hydrogens is 422 g/mol. The van der Waals surface area contributed by atoms with Crippen LogP contribution < -0.4 is 0 Å². The second-order valence-corrected chi connectivity index (χ2v) is 7.41. The summed E-state index contributed by atoms with van der Waals surface area (Å²) < 4.78 is 0. The van der Waals surface area contributed by atoms with E-state index in [0.29, 0.717) is 17.0 Å². The molecule has 0 radical (unpaired) electrons. The number of nitrogens with zero attached hydrogens (tertiary/aromatic N) is 5. The molecule has 3 aromatic carbocycles. The zero-order chi connectivity index (χ0) is 22.8. The number of carbonyl (C=O) groups is 1. The molecule has 9 heteroatoms. The average molecular weight is 439 g/mol. The van der Waals surface area contributed by atoms with Gasteiger partial charge in [0.05, 0.1) is 16.8 Å². The van der Waals surface area contributed by atoms with Gasteiger partial charge in [-0.25, -0.2) is 0 Å². The van der Waals surface area contributed by atoms with Crippen LogP contribution >= 0.6 is 0 Å². The van der Waals surface area contributed by atoms with E-state index in [1.807, 2.05) is 60.7 Å². The average Bonchev–Trinajstić information content (AvgIpc) is 3.52. The molecule has 1 aromatic heterocycles. The fraction of sp³-hybridized carbons (Fsp3) is 0.0833. The highest BCUT2D eigenvalue weighted by Crippen LogP contribution is 2.36. The van der Waals surface area contributed by atoms with E-state index >= 15 is 0 Å². The minimum absolute atomic E-state index is 0.0893. The number of nitro benzene ring substituents is 1. The zero-order valence-electron chi connectivity index (χ0n) is 17.2. The molecule has 0 saturated carbocycles. The van der Waals surface area contributed by atoms with Crippen molar-refractivity contribution in [2.75, 3.05) is 0 Å². The second-order valence-electron chi connectivity index (χ2n) is 7.41. The smallest absolute Gasteiger partial charge is 0.269 e. The molecule has 0 aliphatic carbocycles. The first-order valence-electron chi connectivity index (χ1n) is 10.2. The molecule has 162 valence electrons. The maximum Gasteiger partial charge on any atom is 0.269 e. The van der Waals surface area contributed by atoms with E-state index < -0.39 is 16.9 Å². The normalized spacial score (nSPS) is 17.3. The van der Waals surface area contributed by atoms with Crippen molar-refractivity contribution in [2.24, 2.45) is 11.1 Å². The molecule has 0 bridgehead atoms. The second kappa shape index (κ2) is 8.46. The van der Waals surface area contributed by atoms with Crippen LogP contribution in [-0.2, 0) is 4.84 Å². The van der Waals surface area contributed by atoms with Crippen molar-refractivity contribution < 1.29 is 14.6 Å². The van der Waals surface area contributed by atoms with E-state index in [0.717, 1.165) is 11.3 Å². The molecule has 0 spiro atoms. The topological polar surface area (TPSA) is 113 Å². The van der Waals surface area contributed by atoms with Gasteiger partial charge in [-0.05, 0) is 24.3 Å². The van der Waals surface area contributed by atoms with Gasteiger partial charge in [0, 0.05) is 23.3 Å². The number of ketones is 1. The third-order valence-corrected chi connectivity index (χ3v) is 5.36. The minimum Gasteiger partial charge on any atom is -0.384 e. The highest BCUT2D eigenvalue weighted by atomic mass is 16.6. The summed E-state index contributed by atoms with van der Waals surface area (Å²) in [6.07, 6.45) is 0.761. The number of oxime groups is 1. The van der Waals surface area contributed by atoms with Crippen LogP contribution in [0.15, 0.2) is 96.3 Å². The van der Waals surface area contributed by atoms with Crippen LogP contribution in [-0.4, -0.2) is 31.4 Å². The first-order valence-corrected chi connectivity index (χ1v) is 10.2. The molecule has 0 N–H and O–H groups in total. The number of Topliss-reactive ketones (excluding diaryl/α,β-unsaturated/α-hetero) is 1. The number of carbonyl (C=O) groups excluding carboxylic acids is 1. The molecule has 2 unspecified atom stereocenters. The summed E-state index contributed by atoms with van der Waals surface area (Å²) >= 11 is 0. The maximum absolute atomic E-state index is 13.6. The fourth-order valence-electron chi connectivity index (χ4n) is 3.72. The molecule has 1 aliphatic heterocycles. The van der Waals surface area contributed by atoms with Gasteiger partial charge in [-0.2, -0.15) is 9.90 Å². The summed E-state index contributed by atoms with van der Waals surface area (Å²) in [5, 5.41) is 24.1. The van der Waals surface area contributed by atoms with Crippen molar-refractivity contribution in [2.45, 2.75) is 6.10 Å². The number of aromatic nitrogens is 3. The summed E-state index contributed by atoms with van der Waals surface area (Å²) in [6.45, 7) is 0. The van der Waals surface area contributed by atoms with Gasteiger partial charge >= 0.3 is 0 Å². The van der Waals surface area contributed by atoms with Crippen LogP contribution in [0.4, 0.5) is 5.69 Å². The Labute approximate surface area is 188 Å². The molecule has 5 rings (SSSR count). The molecular formula is C24H17N5O4. The fourth-order valence-corrected chi connectivity index (χ4v) is 3.72. The van der Waals surface area contributed by atoms with E-state index in [-0.39, 0.29) is 11.5 Å². The van der Waals surface area contributed by atoms with Gasteiger partial charge < -0.3 is 4.84 Å². The molecule has 0 saturated heterocycles. The van der Waals surface area contributed by atoms with Crippen molar-refractivity contribution in [3.05, 3.63) is 118 Å². The maximum atomic E-state index is 13.6. The van der Waals surface area contributed by atoms with E-state index in [1.165, 1.54) is 29.1 Å². The van der Waals surface area contributed by atoms with Crippen LogP contribution in [0.3, 0.4) is 0 Å². The van der Waals surface area contributed by atoms with Crippen LogP contribution in [0.5, 0.6) is 0 Å². The summed E-state index contributed by atoms with van der Waals surface area (Å²) in [6, 6.07) is 24.2. The van der Waals surface area contributed by atoms with E-state index in [1.54, 1.807) is 6.20 Å². The molecule has 4 aromatic rings. The zero-order valence-corrected chi connectivity index (χ0v) is 17.2. The number of hydrogen-bond donors (Lipinski definition) is 0. The van der Waals surface area contributed by atoms with Crippen molar-refractivity contribution >= 4 is 17.2 Å². The number of benzene rings is 3. The Morgan fingerprint density at radius 1 is 0.939 bits per heavy atom. The van der Waals surface area contributed by atoms with E-state index in [9.17, 15) is 14.9 Å². The van der Waals surface area contributed by atoms with Crippen LogP contribution in [0.25, 0.3) is 5.69 Å². The Hall–Kier alpha value is -4.66. The standard InChI is InChI=1S/C24H17N5O4/c30-23(17-11-13-19(14-12-17)29(31)32)21-22(16-7-3-1-4-8-16)27-33-24(21)20-15-25-28(26-20)18-9-5-2-6-10-18/h1-15,21,24H. The van der Waals surface area contributed by atoms with Crippen LogP contribution in [0.1, 0.15) is 27.7 Å². The van der Waals surface area contributed by atoms with Crippen LogP contribution in [0, 0.1) is 16.0 Å². The molecule has 2 atom stereocenters. The Bertz CT molecular complexity index is 1330.